The fourth-order valence-corrected chi connectivity index (χ4v) is 3.70. The SMILES string of the molecule is COc1ccc2c(c1)CCCC2CNC(=O)CCC1CCOC1. The summed E-state index contributed by atoms with van der Waals surface area (Å²) in [5, 5.41) is 3.13. The summed E-state index contributed by atoms with van der Waals surface area (Å²) in [5.74, 6) is 2.11. The van der Waals surface area contributed by atoms with Crippen molar-refractivity contribution in [3.05, 3.63) is 29.3 Å². The van der Waals surface area contributed by atoms with E-state index in [2.05, 4.69) is 17.4 Å². The zero-order valence-corrected chi connectivity index (χ0v) is 14.0. The molecule has 0 radical (unpaired) electrons. The third kappa shape index (κ3) is 4.25. The number of nitrogens with one attached hydrogen (secondary N) is 1. The molecule has 0 bridgehead atoms. The molecule has 0 saturated carbocycles. The summed E-state index contributed by atoms with van der Waals surface area (Å²) in [7, 11) is 1.71. The van der Waals surface area contributed by atoms with Crippen LogP contribution in [-0.2, 0) is 16.0 Å². The highest BCUT2D eigenvalue weighted by molar-refractivity contribution is 5.75. The maximum absolute atomic E-state index is 12.1. The van der Waals surface area contributed by atoms with E-state index in [1.807, 2.05) is 6.07 Å². The highest BCUT2D eigenvalue weighted by Crippen LogP contribution is 2.33. The van der Waals surface area contributed by atoms with Crippen LogP contribution >= 0.6 is 0 Å². The first-order valence-corrected chi connectivity index (χ1v) is 8.77. The molecular weight excluding hydrogens is 290 g/mol. The molecular formula is C19H27NO3. The van der Waals surface area contributed by atoms with Crippen molar-refractivity contribution in [3.8, 4) is 5.75 Å². The minimum absolute atomic E-state index is 0.178. The van der Waals surface area contributed by atoms with E-state index in [0.717, 1.165) is 51.2 Å². The van der Waals surface area contributed by atoms with E-state index in [4.69, 9.17) is 9.47 Å². The van der Waals surface area contributed by atoms with Crippen molar-refractivity contribution >= 4 is 5.91 Å². The molecule has 2 aliphatic rings. The summed E-state index contributed by atoms with van der Waals surface area (Å²) in [6, 6.07) is 6.34. The van der Waals surface area contributed by atoms with E-state index in [1.165, 1.54) is 17.5 Å². The first-order chi connectivity index (χ1) is 11.3. The molecule has 1 fully saturated rings. The Labute approximate surface area is 138 Å². The van der Waals surface area contributed by atoms with Gasteiger partial charge in [-0.2, -0.15) is 0 Å². The third-order valence-corrected chi connectivity index (χ3v) is 5.14. The second kappa shape index (κ2) is 7.82. The standard InChI is InChI=1S/C19H27NO3/c1-22-17-6-7-18-15(11-17)3-2-4-16(18)12-20-19(21)8-5-14-9-10-23-13-14/h6-7,11,14,16H,2-5,8-10,12-13H2,1H3,(H,20,21). The molecule has 1 heterocycles. The van der Waals surface area contributed by atoms with Gasteiger partial charge in [0.25, 0.3) is 0 Å². The second-order valence-corrected chi connectivity index (χ2v) is 6.73. The number of benzene rings is 1. The normalized spacial score (nSPS) is 23.3. The van der Waals surface area contributed by atoms with E-state index < -0.39 is 0 Å². The van der Waals surface area contributed by atoms with Gasteiger partial charge in [-0.3, -0.25) is 4.79 Å². The summed E-state index contributed by atoms with van der Waals surface area (Å²) < 4.78 is 10.7. The quantitative estimate of drug-likeness (QED) is 0.877. The maximum atomic E-state index is 12.1. The van der Waals surface area contributed by atoms with Gasteiger partial charge in [-0.15, -0.1) is 0 Å². The number of ether oxygens (including phenoxy) is 2. The monoisotopic (exact) mass is 317 g/mol. The van der Waals surface area contributed by atoms with E-state index in [-0.39, 0.29) is 5.91 Å². The molecule has 1 amide bonds. The fraction of sp³-hybridized carbons (Fsp3) is 0.632. The van der Waals surface area contributed by atoms with Crippen molar-refractivity contribution in [1.82, 2.24) is 5.32 Å². The maximum Gasteiger partial charge on any atom is 0.220 e. The van der Waals surface area contributed by atoms with Crippen LogP contribution in [0.5, 0.6) is 5.75 Å². The van der Waals surface area contributed by atoms with Gasteiger partial charge in [-0.05, 0) is 61.3 Å². The van der Waals surface area contributed by atoms with Gasteiger partial charge in [0, 0.05) is 32.1 Å². The number of aryl methyl sites for hydroxylation is 1. The highest BCUT2D eigenvalue weighted by atomic mass is 16.5. The van der Waals surface area contributed by atoms with Crippen molar-refractivity contribution < 1.29 is 14.3 Å². The van der Waals surface area contributed by atoms with Crippen LogP contribution in [0.2, 0.25) is 0 Å². The van der Waals surface area contributed by atoms with Gasteiger partial charge in [-0.25, -0.2) is 0 Å². The predicted molar refractivity (Wildman–Crippen MR) is 89.8 cm³/mol. The molecule has 1 aliphatic heterocycles. The Hall–Kier alpha value is -1.55. The largest absolute Gasteiger partial charge is 0.497 e. The Morgan fingerprint density at radius 2 is 2.30 bits per heavy atom. The van der Waals surface area contributed by atoms with Crippen molar-refractivity contribution in [2.45, 2.75) is 44.4 Å². The topological polar surface area (TPSA) is 47.6 Å². The van der Waals surface area contributed by atoms with Gasteiger partial charge in [0.2, 0.25) is 5.91 Å². The summed E-state index contributed by atoms with van der Waals surface area (Å²) in [4.78, 5) is 12.1. The van der Waals surface area contributed by atoms with Crippen LogP contribution in [0.15, 0.2) is 18.2 Å². The second-order valence-electron chi connectivity index (χ2n) is 6.73. The van der Waals surface area contributed by atoms with Crippen LogP contribution < -0.4 is 10.1 Å². The molecule has 0 spiro atoms. The molecule has 23 heavy (non-hydrogen) atoms. The Balaban J connectivity index is 1.50. The van der Waals surface area contributed by atoms with Crippen LogP contribution in [0, 0.1) is 5.92 Å². The lowest BCUT2D eigenvalue weighted by Crippen LogP contribution is -2.30. The lowest BCUT2D eigenvalue weighted by molar-refractivity contribution is -0.121. The van der Waals surface area contributed by atoms with Crippen molar-refractivity contribution in [3.63, 3.8) is 0 Å². The Kier molecular flexibility index (Phi) is 5.55. The van der Waals surface area contributed by atoms with Gasteiger partial charge >= 0.3 is 0 Å². The highest BCUT2D eigenvalue weighted by Gasteiger charge is 2.22. The first-order valence-electron chi connectivity index (χ1n) is 8.77. The van der Waals surface area contributed by atoms with Crippen LogP contribution in [0.25, 0.3) is 0 Å². The van der Waals surface area contributed by atoms with E-state index in [1.54, 1.807) is 7.11 Å². The molecule has 2 atom stereocenters. The lowest BCUT2D eigenvalue weighted by atomic mass is 9.82. The molecule has 4 heteroatoms. The molecule has 0 aromatic heterocycles. The predicted octanol–water partition coefficient (Wildman–Crippen LogP) is 3.05. The fourth-order valence-electron chi connectivity index (χ4n) is 3.70. The van der Waals surface area contributed by atoms with Gasteiger partial charge in [0.05, 0.1) is 7.11 Å². The van der Waals surface area contributed by atoms with Crippen molar-refractivity contribution in [2.75, 3.05) is 26.9 Å². The Morgan fingerprint density at radius 1 is 1.39 bits per heavy atom. The van der Waals surface area contributed by atoms with E-state index in [9.17, 15) is 4.79 Å². The van der Waals surface area contributed by atoms with E-state index >= 15 is 0 Å². The smallest absolute Gasteiger partial charge is 0.220 e. The third-order valence-electron chi connectivity index (χ3n) is 5.14. The number of carbonyl (C=O) groups excluding carboxylic acids is 1. The average Bonchev–Trinajstić information content (AvgIpc) is 3.11. The minimum Gasteiger partial charge on any atom is -0.497 e. The van der Waals surface area contributed by atoms with Gasteiger partial charge in [-0.1, -0.05) is 6.07 Å². The van der Waals surface area contributed by atoms with Crippen LogP contribution in [0.3, 0.4) is 0 Å². The Morgan fingerprint density at radius 3 is 3.09 bits per heavy atom. The number of rotatable bonds is 6. The molecule has 1 aliphatic carbocycles. The van der Waals surface area contributed by atoms with Crippen molar-refractivity contribution in [1.29, 1.82) is 0 Å². The zero-order chi connectivity index (χ0) is 16.1. The minimum atomic E-state index is 0.178. The zero-order valence-electron chi connectivity index (χ0n) is 14.0. The number of fused-ring (bicyclic) bond motifs is 1. The van der Waals surface area contributed by atoms with E-state index in [0.29, 0.717) is 18.3 Å². The first kappa shape index (κ1) is 16.3. The van der Waals surface area contributed by atoms with Gasteiger partial charge < -0.3 is 14.8 Å². The summed E-state index contributed by atoms with van der Waals surface area (Å²) in [5.41, 5.74) is 2.75. The summed E-state index contributed by atoms with van der Waals surface area (Å²) in [6.07, 6.45) is 6.11. The van der Waals surface area contributed by atoms with Crippen LogP contribution in [-0.4, -0.2) is 32.8 Å². The van der Waals surface area contributed by atoms with Crippen LogP contribution in [0.4, 0.5) is 0 Å². The van der Waals surface area contributed by atoms with Crippen LogP contribution in [0.1, 0.15) is 49.1 Å². The number of hydrogen-bond acceptors (Lipinski definition) is 3. The number of carbonyl (C=O) groups is 1. The molecule has 126 valence electrons. The number of hydrogen-bond donors (Lipinski definition) is 1. The number of methoxy groups -OCH3 is 1. The molecule has 2 unspecified atom stereocenters. The average molecular weight is 317 g/mol. The van der Waals surface area contributed by atoms with Gasteiger partial charge in [0.1, 0.15) is 5.75 Å². The van der Waals surface area contributed by atoms with Gasteiger partial charge in [0.15, 0.2) is 0 Å². The lowest BCUT2D eigenvalue weighted by Gasteiger charge is -2.26. The molecule has 1 N–H and O–H groups in total. The molecule has 4 nitrogen and oxygen atoms in total. The number of amides is 1. The molecule has 1 saturated heterocycles. The summed E-state index contributed by atoms with van der Waals surface area (Å²) >= 11 is 0. The van der Waals surface area contributed by atoms with Crippen molar-refractivity contribution in [2.24, 2.45) is 5.92 Å². The molecule has 3 rings (SSSR count). The Bertz CT molecular complexity index is 537. The molecule has 1 aromatic rings. The molecule has 1 aromatic carbocycles. The summed E-state index contributed by atoms with van der Waals surface area (Å²) in [6.45, 7) is 2.43.